The van der Waals surface area contributed by atoms with Crippen LogP contribution in [0.4, 0.5) is 0 Å². The van der Waals surface area contributed by atoms with E-state index in [4.69, 9.17) is 9.15 Å². The molecule has 0 aliphatic rings. The normalized spacial score (nSPS) is 12.3. The third-order valence-electron chi connectivity index (χ3n) is 4.26. The van der Waals surface area contributed by atoms with Crippen molar-refractivity contribution in [3.63, 3.8) is 0 Å². The van der Waals surface area contributed by atoms with Gasteiger partial charge in [-0.3, -0.25) is 4.79 Å². The third-order valence-corrected chi connectivity index (χ3v) is 4.75. The molecule has 0 aliphatic heterocycles. The van der Waals surface area contributed by atoms with Gasteiger partial charge in [-0.2, -0.15) is 0 Å². The Morgan fingerprint density at radius 2 is 2.04 bits per heavy atom. The van der Waals surface area contributed by atoms with E-state index >= 15 is 0 Å². The molecule has 3 aromatic rings. The molecule has 26 heavy (non-hydrogen) atoms. The first-order valence-electron chi connectivity index (χ1n) is 8.25. The van der Waals surface area contributed by atoms with Crippen molar-refractivity contribution < 1.29 is 13.9 Å². The molecule has 0 aliphatic carbocycles. The number of furan rings is 1. The van der Waals surface area contributed by atoms with Gasteiger partial charge in [-0.25, -0.2) is 0 Å². The molecule has 1 heterocycles. The summed E-state index contributed by atoms with van der Waals surface area (Å²) in [6.45, 7) is 0.458. The van der Waals surface area contributed by atoms with Crippen LogP contribution in [0, 0.1) is 0 Å². The molecule has 3 rings (SSSR count). The third kappa shape index (κ3) is 4.08. The Morgan fingerprint density at radius 1 is 1.23 bits per heavy atom. The number of hydrogen-bond donors (Lipinski definition) is 1. The van der Waals surface area contributed by atoms with Crippen LogP contribution in [0.3, 0.4) is 0 Å². The van der Waals surface area contributed by atoms with Gasteiger partial charge in [0.1, 0.15) is 11.3 Å². The summed E-state index contributed by atoms with van der Waals surface area (Å²) in [7, 11) is 5.61. The van der Waals surface area contributed by atoms with Gasteiger partial charge in [0.05, 0.1) is 13.2 Å². The Hall–Kier alpha value is -2.31. The molecule has 6 heteroatoms. The van der Waals surface area contributed by atoms with Gasteiger partial charge < -0.3 is 19.4 Å². The van der Waals surface area contributed by atoms with E-state index in [0.29, 0.717) is 17.9 Å². The summed E-state index contributed by atoms with van der Waals surface area (Å²) in [5, 5.41) is 3.86. The molecule has 0 saturated heterocycles. The summed E-state index contributed by atoms with van der Waals surface area (Å²) in [6, 6.07) is 15.3. The van der Waals surface area contributed by atoms with Crippen LogP contribution in [-0.2, 0) is 0 Å². The molecular formula is C20H21BrN2O3. The molecule has 1 amide bonds. The predicted octanol–water partition coefficient (Wildman–Crippen LogP) is 4.24. The van der Waals surface area contributed by atoms with E-state index in [-0.39, 0.29) is 11.9 Å². The highest BCUT2D eigenvalue weighted by molar-refractivity contribution is 9.10. The van der Waals surface area contributed by atoms with E-state index in [2.05, 4.69) is 26.1 Å². The van der Waals surface area contributed by atoms with Gasteiger partial charge in [0.15, 0.2) is 5.76 Å². The molecule has 0 fully saturated rings. The molecule has 1 N–H and O–H groups in total. The van der Waals surface area contributed by atoms with Gasteiger partial charge in [-0.1, -0.05) is 28.1 Å². The lowest BCUT2D eigenvalue weighted by Crippen LogP contribution is -2.34. The number of nitrogens with one attached hydrogen (secondary N) is 1. The van der Waals surface area contributed by atoms with E-state index in [0.717, 1.165) is 21.2 Å². The van der Waals surface area contributed by atoms with E-state index in [9.17, 15) is 4.79 Å². The zero-order valence-corrected chi connectivity index (χ0v) is 16.5. The Kier molecular flexibility index (Phi) is 5.64. The summed E-state index contributed by atoms with van der Waals surface area (Å²) >= 11 is 3.42. The number of carbonyl (C=O) groups is 1. The lowest BCUT2D eigenvalue weighted by Gasteiger charge is -2.25. The summed E-state index contributed by atoms with van der Waals surface area (Å²) in [6.07, 6.45) is 0. The molecule has 136 valence electrons. The van der Waals surface area contributed by atoms with E-state index in [1.54, 1.807) is 13.2 Å². The highest BCUT2D eigenvalue weighted by atomic mass is 79.9. The average Bonchev–Trinajstić information content (AvgIpc) is 3.05. The molecule has 0 spiro atoms. The number of nitrogens with zero attached hydrogens (tertiary/aromatic N) is 1. The summed E-state index contributed by atoms with van der Waals surface area (Å²) in [4.78, 5) is 14.6. The maximum atomic E-state index is 12.5. The number of likely N-dealkylation sites (N-methyl/N-ethyl adjacent to an activating group) is 1. The van der Waals surface area contributed by atoms with Crippen LogP contribution in [0.5, 0.6) is 5.75 Å². The number of rotatable bonds is 6. The minimum atomic E-state index is -0.230. The second kappa shape index (κ2) is 7.93. The molecule has 0 saturated carbocycles. The Bertz CT molecular complexity index is 920. The summed E-state index contributed by atoms with van der Waals surface area (Å²) < 4.78 is 11.9. The van der Waals surface area contributed by atoms with Crippen LogP contribution in [0.15, 0.2) is 57.4 Å². The molecule has 0 bridgehead atoms. The highest BCUT2D eigenvalue weighted by Gasteiger charge is 2.18. The minimum Gasteiger partial charge on any atom is -0.497 e. The lowest BCUT2D eigenvalue weighted by atomic mass is 10.1. The second-order valence-corrected chi connectivity index (χ2v) is 7.17. The summed E-state index contributed by atoms with van der Waals surface area (Å²) in [5.74, 6) is 0.872. The van der Waals surface area contributed by atoms with Gasteiger partial charge in [-0.15, -0.1) is 0 Å². The van der Waals surface area contributed by atoms with E-state index in [1.807, 2.05) is 56.6 Å². The second-order valence-electron chi connectivity index (χ2n) is 6.26. The number of ether oxygens (including phenoxy) is 1. The summed E-state index contributed by atoms with van der Waals surface area (Å²) in [5.41, 5.74) is 1.76. The minimum absolute atomic E-state index is 0.0209. The number of halogens is 1. The monoisotopic (exact) mass is 416 g/mol. The van der Waals surface area contributed by atoms with Crippen LogP contribution in [0.2, 0.25) is 0 Å². The van der Waals surface area contributed by atoms with Crippen molar-refractivity contribution in [3.8, 4) is 5.75 Å². The van der Waals surface area contributed by atoms with Crippen LogP contribution in [-0.4, -0.2) is 38.6 Å². The van der Waals surface area contributed by atoms with Crippen LogP contribution in [0.25, 0.3) is 11.0 Å². The maximum Gasteiger partial charge on any atom is 0.287 e. The smallest absolute Gasteiger partial charge is 0.287 e. The number of benzene rings is 2. The fourth-order valence-corrected chi connectivity index (χ4v) is 3.23. The first-order chi connectivity index (χ1) is 12.5. The van der Waals surface area contributed by atoms with Gasteiger partial charge in [0, 0.05) is 16.4 Å². The van der Waals surface area contributed by atoms with Crippen molar-refractivity contribution in [2.75, 3.05) is 27.7 Å². The lowest BCUT2D eigenvalue weighted by molar-refractivity contribution is 0.0916. The number of methoxy groups -OCH3 is 1. The quantitative estimate of drug-likeness (QED) is 0.652. The molecule has 1 unspecified atom stereocenters. The Morgan fingerprint density at radius 3 is 2.77 bits per heavy atom. The van der Waals surface area contributed by atoms with Crippen molar-refractivity contribution in [2.45, 2.75) is 6.04 Å². The first-order valence-corrected chi connectivity index (χ1v) is 9.05. The first kappa shape index (κ1) is 18.5. The van der Waals surface area contributed by atoms with Crippen molar-refractivity contribution in [1.29, 1.82) is 0 Å². The molecule has 5 nitrogen and oxygen atoms in total. The molecular weight excluding hydrogens is 396 g/mol. The predicted molar refractivity (Wildman–Crippen MR) is 106 cm³/mol. The van der Waals surface area contributed by atoms with Gasteiger partial charge in [0.25, 0.3) is 5.91 Å². The zero-order chi connectivity index (χ0) is 18.7. The van der Waals surface area contributed by atoms with Gasteiger partial charge in [-0.05, 0) is 56.1 Å². The van der Waals surface area contributed by atoms with E-state index < -0.39 is 0 Å². The fourth-order valence-electron chi connectivity index (χ4n) is 2.85. The molecule has 2 aromatic carbocycles. The Balaban J connectivity index is 1.74. The number of hydrogen-bond acceptors (Lipinski definition) is 4. The molecule has 0 radical (unpaired) electrons. The van der Waals surface area contributed by atoms with Gasteiger partial charge in [0.2, 0.25) is 0 Å². The van der Waals surface area contributed by atoms with Crippen molar-refractivity contribution in [1.82, 2.24) is 10.2 Å². The molecule has 1 atom stereocenters. The standard InChI is InChI=1S/C20H21BrN2O3/c1-23(2)17(13-5-4-6-16(10-13)25-3)12-22-20(24)19-11-14-9-15(21)7-8-18(14)26-19/h4-11,17H,12H2,1-3H3,(H,22,24). The van der Waals surface area contributed by atoms with Crippen molar-refractivity contribution >= 4 is 32.8 Å². The Labute approximate surface area is 161 Å². The topological polar surface area (TPSA) is 54.7 Å². The zero-order valence-electron chi connectivity index (χ0n) is 15.0. The largest absolute Gasteiger partial charge is 0.497 e. The number of amides is 1. The fraction of sp³-hybridized carbons (Fsp3) is 0.250. The maximum absolute atomic E-state index is 12.5. The van der Waals surface area contributed by atoms with E-state index in [1.165, 1.54) is 0 Å². The highest BCUT2D eigenvalue weighted by Crippen LogP contribution is 2.24. The average molecular weight is 417 g/mol. The SMILES string of the molecule is COc1cccc(C(CNC(=O)c2cc3cc(Br)ccc3o2)N(C)C)c1. The number of fused-ring (bicyclic) bond motifs is 1. The van der Waals surface area contributed by atoms with Crippen molar-refractivity contribution in [2.24, 2.45) is 0 Å². The van der Waals surface area contributed by atoms with Gasteiger partial charge >= 0.3 is 0 Å². The number of carbonyl (C=O) groups excluding carboxylic acids is 1. The van der Waals surface area contributed by atoms with Crippen LogP contribution < -0.4 is 10.1 Å². The van der Waals surface area contributed by atoms with Crippen LogP contribution >= 0.6 is 15.9 Å². The van der Waals surface area contributed by atoms with Crippen LogP contribution in [0.1, 0.15) is 22.2 Å². The molecule has 1 aromatic heterocycles. The van der Waals surface area contributed by atoms with Crippen molar-refractivity contribution in [3.05, 3.63) is 64.3 Å².